The molecule has 22 heavy (non-hydrogen) atoms. The molecule has 2 rings (SSSR count). The summed E-state index contributed by atoms with van der Waals surface area (Å²) < 4.78 is 11.1. The van der Waals surface area contributed by atoms with Crippen molar-refractivity contribution in [3.63, 3.8) is 0 Å². The van der Waals surface area contributed by atoms with Crippen LogP contribution in [0.25, 0.3) is 0 Å². The van der Waals surface area contributed by atoms with Crippen LogP contribution in [0.1, 0.15) is 24.8 Å². The monoisotopic (exact) mass is 306 g/mol. The van der Waals surface area contributed by atoms with E-state index in [2.05, 4.69) is 5.32 Å². The van der Waals surface area contributed by atoms with Gasteiger partial charge in [-0.05, 0) is 26.0 Å². The number of methoxy groups -OCH3 is 1. The van der Waals surface area contributed by atoms with Gasteiger partial charge in [0.25, 0.3) is 0 Å². The lowest BCUT2D eigenvalue weighted by atomic mass is 10.1. The maximum Gasteiger partial charge on any atom is 0.224 e. The van der Waals surface area contributed by atoms with Crippen LogP contribution in [0.15, 0.2) is 24.3 Å². The standard InChI is InChI=1S/C17H26N2O3/c1-18-10-9-17(20)19(13-15-7-5-11-22-15)12-14-6-3-4-8-16(14)21-2/h3-4,6,8,15,18H,5,7,9-13H2,1-2H3. The highest BCUT2D eigenvalue weighted by Gasteiger charge is 2.23. The van der Waals surface area contributed by atoms with Crippen molar-refractivity contribution < 1.29 is 14.3 Å². The summed E-state index contributed by atoms with van der Waals surface area (Å²) >= 11 is 0. The Morgan fingerprint density at radius 1 is 1.45 bits per heavy atom. The zero-order chi connectivity index (χ0) is 15.8. The molecule has 0 spiro atoms. The summed E-state index contributed by atoms with van der Waals surface area (Å²) in [5, 5.41) is 3.03. The van der Waals surface area contributed by atoms with Crippen molar-refractivity contribution in [2.24, 2.45) is 0 Å². The molecule has 5 heteroatoms. The number of hydrogen-bond acceptors (Lipinski definition) is 4. The van der Waals surface area contributed by atoms with Gasteiger partial charge in [-0.25, -0.2) is 0 Å². The molecule has 1 N–H and O–H groups in total. The van der Waals surface area contributed by atoms with Crippen LogP contribution in [0.4, 0.5) is 0 Å². The van der Waals surface area contributed by atoms with Gasteiger partial charge >= 0.3 is 0 Å². The van der Waals surface area contributed by atoms with Crippen LogP contribution in [0.3, 0.4) is 0 Å². The molecule has 1 unspecified atom stereocenters. The lowest BCUT2D eigenvalue weighted by molar-refractivity contribution is -0.133. The van der Waals surface area contributed by atoms with E-state index < -0.39 is 0 Å². The van der Waals surface area contributed by atoms with Gasteiger partial charge < -0.3 is 19.7 Å². The summed E-state index contributed by atoms with van der Waals surface area (Å²) in [7, 11) is 3.52. The van der Waals surface area contributed by atoms with Crippen molar-refractivity contribution >= 4 is 5.91 Å². The average molecular weight is 306 g/mol. The number of benzene rings is 1. The highest BCUT2D eigenvalue weighted by molar-refractivity contribution is 5.76. The lowest BCUT2D eigenvalue weighted by Gasteiger charge is -2.26. The Morgan fingerprint density at radius 3 is 2.95 bits per heavy atom. The number of nitrogens with one attached hydrogen (secondary N) is 1. The third-order valence-electron chi connectivity index (χ3n) is 3.94. The molecule has 122 valence electrons. The fourth-order valence-electron chi connectivity index (χ4n) is 2.72. The van der Waals surface area contributed by atoms with Gasteiger partial charge in [0.15, 0.2) is 0 Å². The van der Waals surface area contributed by atoms with Crippen LogP contribution in [0.2, 0.25) is 0 Å². The summed E-state index contributed by atoms with van der Waals surface area (Å²) in [6.07, 6.45) is 2.77. The molecule has 5 nitrogen and oxygen atoms in total. The SMILES string of the molecule is CNCCC(=O)N(Cc1ccccc1OC)CC1CCCO1. The summed E-state index contributed by atoms with van der Waals surface area (Å²) in [5.74, 6) is 0.969. The van der Waals surface area contributed by atoms with Crippen molar-refractivity contribution in [3.8, 4) is 5.75 Å². The molecular formula is C17H26N2O3. The molecule has 1 aliphatic heterocycles. The quantitative estimate of drug-likeness (QED) is 0.796. The second-order valence-electron chi connectivity index (χ2n) is 5.57. The molecule has 0 radical (unpaired) electrons. The highest BCUT2D eigenvalue weighted by Crippen LogP contribution is 2.21. The summed E-state index contributed by atoms with van der Waals surface area (Å²) in [6, 6.07) is 7.85. The average Bonchev–Trinajstić information content (AvgIpc) is 3.05. The first-order chi connectivity index (χ1) is 10.7. The topological polar surface area (TPSA) is 50.8 Å². The Morgan fingerprint density at radius 2 is 2.27 bits per heavy atom. The van der Waals surface area contributed by atoms with Crippen LogP contribution in [-0.4, -0.2) is 50.8 Å². The number of amides is 1. The zero-order valence-corrected chi connectivity index (χ0v) is 13.5. The van der Waals surface area contributed by atoms with E-state index in [1.165, 1.54) is 0 Å². The first-order valence-corrected chi connectivity index (χ1v) is 7.90. The molecule has 0 bridgehead atoms. The van der Waals surface area contributed by atoms with Crippen molar-refractivity contribution in [2.45, 2.75) is 31.9 Å². The number of nitrogens with zero attached hydrogens (tertiary/aromatic N) is 1. The second kappa shape index (κ2) is 8.76. The van der Waals surface area contributed by atoms with Crippen LogP contribution in [0, 0.1) is 0 Å². The minimum atomic E-state index is 0.149. The van der Waals surface area contributed by atoms with Crippen LogP contribution >= 0.6 is 0 Å². The number of carbonyl (C=O) groups is 1. The maximum absolute atomic E-state index is 12.5. The number of para-hydroxylation sites is 1. The molecule has 1 fully saturated rings. The van der Waals surface area contributed by atoms with E-state index in [0.717, 1.165) is 30.8 Å². The highest BCUT2D eigenvalue weighted by atomic mass is 16.5. The third-order valence-corrected chi connectivity index (χ3v) is 3.94. The van der Waals surface area contributed by atoms with Gasteiger partial charge in [-0.3, -0.25) is 4.79 Å². The van der Waals surface area contributed by atoms with Crippen molar-refractivity contribution in [1.82, 2.24) is 10.2 Å². The fraction of sp³-hybridized carbons (Fsp3) is 0.588. The molecule has 1 saturated heterocycles. The predicted octanol–water partition coefficient (Wildman–Crippen LogP) is 1.81. The molecule has 1 aliphatic rings. The van der Waals surface area contributed by atoms with Gasteiger partial charge in [-0.2, -0.15) is 0 Å². The molecular weight excluding hydrogens is 280 g/mol. The van der Waals surface area contributed by atoms with Gasteiger partial charge in [-0.15, -0.1) is 0 Å². The fourth-order valence-corrected chi connectivity index (χ4v) is 2.72. The minimum absolute atomic E-state index is 0.149. The van der Waals surface area contributed by atoms with Crippen molar-refractivity contribution in [1.29, 1.82) is 0 Å². The Balaban J connectivity index is 2.06. The summed E-state index contributed by atoms with van der Waals surface area (Å²) in [5.41, 5.74) is 1.03. The Labute approximate surface area is 132 Å². The Bertz CT molecular complexity index is 473. The number of carbonyl (C=O) groups excluding carboxylic acids is 1. The maximum atomic E-state index is 12.5. The molecule has 1 aromatic rings. The smallest absolute Gasteiger partial charge is 0.224 e. The van der Waals surface area contributed by atoms with E-state index in [1.54, 1.807) is 7.11 Å². The minimum Gasteiger partial charge on any atom is -0.496 e. The molecule has 1 heterocycles. The molecule has 0 aliphatic carbocycles. The molecule has 1 amide bonds. The number of rotatable bonds is 8. The van der Waals surface area contributed by atoms with Crippen molar-refractivity contribution in [3.05, 3.63) is 29.8 Å². The predicted molar refractivity (Wildman–Crippen MR) is 85.9 cm³/mol. The normalized spacial score (nSPS) is 17.5. The Kier molecular flexibility index (Phi) is 6.68. The molecule has 1 aromatic carbocycles. The van der Waals surface area contributed by atoms with Gasteiger partial charge in [0, 0.05) is 38.2 Å². The van der Waals surface area contributed by atoms with Crippen LogP contribution in [0.5, 0.6) is 5.75 Å². The number of hydrogen-bond donors (Lipinski definition) is 1. The zero-order valence-electron chi connectivity index (χ0n) is 13.5. The Hall–Kier alpha value is -1.59. The molecule has 0 aromatic heterocycles. The van der Waals surface area contributed by atoms with E-state index >= 15 is 0 Å². The van der Waals surface area contributed by atoms with E-state index in [0.29, 0.717) is 26.1 Å². The largest absolute Gasteiger partial charge is 0.496 e. The third kappa shape index (κ3) is 4.71. The van der Waals surface area contributed by atoms with Crippen molar-refractivity contribution in [2.75, 3.05) is 33.9 Å². The summed E-state index contributed by atoms with van der Waals surface area (Å²) in [6.45, 7) is 2.71. The molecule has 0 saturated carbocycles. The van der Waals surface area contributed by atoms with Gasteiger partial charge in [0.2, 0.25) is 5.91 Å². The van der Waals surface area contributed by atoms with Crippen LogP contribution in [-0.2, 0) is 16.1 Å². The van der Waals surface area contributed by atoms with E-state index in [1.807, 2.05) is 36.2 Å². The summed E-state index contributed by atoms with van der Waals surface area (Å²) in [4.78, 5) is 14.4. The molecule has 1 atom stereocenters. The van der Waals surface area contributed by atoms with Crippen LogP contribution < -0.4 is 10.1 Å². The van der Waals surface area contributed by atoms with E-state index in [4.69, 9.17) is 9.47 Å². The van der Waals surface area contributed by atoms with E-state index in [-0.39, 0.29) is 12.0 Å². The number of ether oxygens (including phenoxy) is 2. The van der Waals surface area contributed by atoms with Gasteiger partial charge in [0.05, 0.1) is 13.2 Å². The van der Waals surface area contributed by atoms with E-state index in [9.17, 15) is 4.79 Å². The lowest BCUT2D eigenvalue weighted by Crippen LogP contribution is -2.38. The van der Waals surface area contributed by atoms with Gasteiger partial charge in [0.1, 0.15) is 5.75 Å². The first-order valence-electron chi connectivity index (χ1n) is 7.90. The van der Waals surface area contributed by atoms with Gasteiger partial charge in [-0.1, -0.05) is 18.2 Å². The second-order valence-corrected chi connectivity index (χ2v) is 5.57. The first kappa shape index (κ1) is 16.8.